The van der Waals surface area contributed by atoms with Crippen LogP contribution in [0.25, 0.3) is 6.08 Å². The van der Waals surface area contributed by atoms with Gasteiger partial charge < -0.3 is 5.11 Å². The molecular formula is C23H23BrN2O2S. The van der Waals surface area contributed by atoms with Crippen LogP contribution < -0.4 is 0 Å². The van der Waals surface area contributed by atoms with Crippen LogP contribution in [0.15, 0.2) is 62.9 Å². The predicted octanol–water partition coefficient (Wildman–Crippen LogP) is 6.34. The number of hydrogen-bond donors (Lipinski definition) is 1. The molecule has 150 valence electrons. The van der Waals surface area contributed by atoms with Crippen molar-refractivity contribution in [1.82, 2.24) is 4.90 Å². The monoisotopic (exact) mass is 470 g/mol. The number of rotatable bonds is 3. The Morgan fingerprint density at radius 3 is 2.66 bits per heavy atom. The molecule has 4 nitrogen and oxygen atoms in total. The largest absolute Gasteiger partial charge is 0.507 e. The lowest BCUT2D eigenvalue weighted by molar-refractivity contribution is -0.124. The van der Waals surface area contributed by atoms with Crippen molar-refractivity contribution in [3.8, 4) is 5.75 Å². The minimum absolute atomic E-state index is 0.0210. The Morgan fingerprint density at radius 2 is 1.93 bits per heavy atom. The van der Waals surface area contributed by atoms with Crippen LogP contribution in [0.5, 0.6) is 5.75 Å². The van der Waals surface area contributed by atoms with Crippen LogP contribution in [-0.4, -0.2) is 27.1 Å². The number of para-hydroxylation sites is 1. The van der Waals surface area contributed by atoms with Gasteiger partial charge in [0.2, 0.25) is 0 Å². The summed E-state index contributed by atoms with van der Waals surface area (Å²) >= 11 is 4.78. The van der Waals surface area contributed by atoms with Gasteiger partial charge in [-0.1, -0.05) is 44.0 Å². The highest BCUT2D eigenvalue weighted by Crippen LogP contribution is 2.40. The van der Waals surface area contributed by atoms with Crippen LogP contribution in [0.4, 0.5) is 5.69 Å². The topological polar surface area (TPSA) is 52.9 Å². The number of phenols is 1. The Labute approximate surface area is 183 Å². The van der Waals surface area contributed by atoms with Gasteiger partial charge in [0.1, 0.15) is 5.75 Å². The molecule has 4 rings (SSSR count). The number of halogens is 1. The number of phenolic OH excluding ortho intramolecular Hbond substituents is 1. The first-order valence-electron chi connectivity index (χ1n) is 9.88. The number of carbonyl (C=O) groups is 1. The molecule has 1 N–H and O–H groups in total. The quantitative estimate of drug-likeness (QED) is 0.532. The van der Waals surface area contributed by atoms with E-state index in [2.05, 4.69) is 22.9 Å². The summed E-state index contributed by atoms with van der Waals surface area (Å²) in [6.07, 6.45) is 6.40. The maximum Gasteiger partial charge on any atom is 0.267 e. The number of thioether (sulfide) groups is 1. The summed E-state index contributed by atoms with van der Waals surface area (Å²) in [6.45, 7) is 2.24. The zero-order valence-electron chi connectivity index (χ0n) is 16.2. The number of nitrogens with zero attached hydrogens (tertiary/aromatic N) is 2. The first-order chi connectivity index (χ1) is 14.0. The second-order valence-electron chi connectivity index (χ2n) is 7.56. The molecule has 2 aliphatic rings. The van der Waals surface area contributed by atoms with Crippen molar-refractivity contribution in [2.75, 3.05) is 0 Å². The fourth-order valence-corrected chi connectivity index (χ4v) is 5.36. The summed E-state index contributed by atoms with van der Waals surface area (Å²) in [5, 5.41) is 10.5. The van der Waals surface area contributed by atoms with E-state index in [1.165, 1.54) is 18.2 Å². The molecule has 2 aromatic rings. The first kappa shape index (κ1) is 20.2. The van der Waals surface area contributed by atoms with E-state index in [9.17, 15) is 9.90 Å². The van der Waals surface area contributed by atoms with Gasteiger partial charge in [0.25, 0.3) is 5.91 Å². The third kappa shape index (κ3) is 4.43. The predicted molar refractivity (Wildman–Crippen MR) is 123 cm³/mol. The van der Waals surface area contributed by atoms with E-state index >= 15 is 0 Å². The summed E-state index contributed by atoms with van der Waals surface area (Å²) in [5.74, 6) is 0.658. The molecule has 2 aromatic carbocycles. The number of amidine groups is 1. The smallest absolute Gasteiger partial charge is 0.267 e. The summed E-state index contributed by atoms with van der Waals surface area (Å²) in [7, 11) is 0. The Bertz CT molecular complexity index is 974. The molecule has 2 fully saturated rings. The van der Waals surface area contributed by atoms with E-state index in [4.69, 9.17) is 4.99 Å². The zero-order valence-corrected chi connectivity index (χ0v) is 18.6. The molecule has 1 amide bonds. The lowest BCUT2D eigenvalue weighted by atomic mass is 9.85. The summed E-state index contributed by atoms with van der Waals surface area (Å²) in [4.78, 5) is 20.8. The van der Waals surface area contributed by atoms with Crippen molar-refractivity contribution in [2.45, 2.75) is 38.6 Å². The highest BCUT2D eigenvalue weighted by Gasteiger charge is 2.41. The zero-order chi connectivity index (χ0) is 20.4. The van der Waals surface area contributed by atoms with Crippen LogP contribution in [0.2, 0.25) is 0 Å². The number of amides is 1. The number of aromatic hydroxyl groups is 1. The Balaban J connectivity index is 1.72. The normalized spacial score (nSPS) is 25.2. The molecule has 1 saturated carbocycles. The van der Waals surface area contributed by atoms with Crippen molar-refractivity contribution in [3.63, 3.8) is 0 Å². The molecule has 0 unspecified atom stereocenters. The number of carbonyl (C=O) groups excluding carboxylic acids is 1. The average molecular weight is 471 g/mol. The van der Waals surface area contributed by atoms with E-state index in [1.54, 1.807) is 12.1 Å². The van der Waals surface area contributed by atoms with Crippen molar-refractivity contribution in [2.24, 2.45) is 10.9 Å². The lowest BCUT2D eigenvalue weighted by Crippen LogP contribution is -2.44. The van der Waals surface area contributed by atoms with Crippen molar-refractivity contribution in [3.05, 3.63) is 63.5 Å². The molecule has 1 saturated heterocycles. The SMILES string of the molecule is C[C@H]1CCCC[C@@H]1N1C(=O)/C(=C/c2ccc(O)c(Br)c2)SC1=Nc1ccccc1. The molecule has 1 aliphatic carbocycles. The van der Waals surface area contributed by atoms with Gasteiger partial charge in [-0.15, -0.1) is 0 Å². The molecule has 0 bridgehead atoms. The minimum Gasteiger partial charge on any atom is -0.507 e. The van der Waals surface area contributed by atoms with Crippen LogP contribution in [0, 0.1) is 5.92 Å². The van der Waals surface area contributed by atoms with Crippen LogP contribution in [0.3, 0.4) is 0 Å². The van der Waals surface area contributed by atoms with Crippen LogP contribution >= 0.6 is 27.7 Å². The standard InChI is InChI=1S/C23H23BrN2O2S/c1-15-7-5-6-10-19(15)26-22(28)21(14-16-11-12-20(27)18(24)13-16)29-23(26)25-17-8-3-2-4-9-17/h2-4,8-9,11-15,19,27H,5-7,10H2,1H3/b21-14-,25-23?/t15-,19-/m0/s1. The molecule has 0 radical (unpaired) electrons. The van der Waals surface area contributed by atoms with E-state index in [-0.39, 0.29) is 17.7 Å². The molecule has 0 aromatic heterocycles. The summed E-state index contributed by atoms with van der Waals surface area (Å²) in [6, 6.07) is 15.2. The van der Waals surface area contributed by atoms with Crippen LogP contribution in [0.1, 0.15) is 38.2 Å². The van der Waals surface area contributed by atoms with Gasteiger partial charge in [0.05, 0.1) is 15.1 Å². The van der Waals surface area contributed by atoms with Gasteiger partial charge in [-0.05, 0) is 82.4 Å². The molecule has 2 atom stereocenters. The summed E-state index contributed by atoms with van der Waals surface area (Å²) < 4.78 is 0.609. The maximum absolute atomic E-state index is 13.4. The Kier molecular flexibility index (Phi) is 6.11. The molecule has 6 heteroatoms. The Hall–Kier alpha value is -2.05. The van der Waals surface area contributed by atoms with E-state index < -0.39 is 0 Å². The molecule has 0 spiro atoms. The highest BCUT2D eigenvalue weighted by atomic mass is 79.9. The van der Waals surface area contributed by atoms with E-state index in [1.807, 2.05) is 47.4 Å². The maximum atomic E-state index is 13.4. The third-order valence-corrected chi connectivity index (χ3v) is 7.10. The highest BCUT2D eigenvalue weighted by molar-refractivity contribution is 9.10. The van der Waals surface area contributed by atoms with Crippen molar-refractivity contribution >= 4 is 50.5 Å². The number of aliphatic imine (C=N–C) groups is 1. The van der Waals surface area contributed by atoms with Gasteiger partial charge in [0.15, 0.2) is 5.17 Å². The van der Waals surface area contributed by atoms with Crippen LogP contribution in [-0.2, 0) is 4.79 Å². The average Bonchev–Trinajstić information content (AvgIpc) is 3.01. The third-order valence-electron chi connectivity index (χ3n) is 5.49. The second-order valence-corrected chi connectivity index (χ2v) is 9.42. The molecule has 1 aliphatic heterocycles. The van der Waals surface area contributed by atoms with Crippen molar-refractivity contribution in [1.29, 1.82) is 0 Å². The van der Waals surface area contributed by atoms with E-state index in [0.717, 1.165) is 35.7 Å². The molecule has 29 heavy (non-hydrogen) atoms. The summed E-state index contributed by atoms with van der Waals surface area (Å²) in [5.41, 5.74) is 1.72. The molecular weight excluding hydrogens is 448 g/mol. The number of hydrogen-bond acceptors (Lipinski definition) is 4. The van der Waals surface area contributed by atoms with Gasteiger partial charge in [-0.25, -0.2) is 4.99 Å². The lowest BCUT2D eigenvalue weighted by Gasteiger charge is -2.35. The minimum atomic E-state index is 0.0210. The number of benzene rings is 2. The van der Waals surface area contributed by atoms with Crippen molar-refractivity contribution < 1.29 is 9.90 Å². The van der Waals surface area contributed by atoms with Gasteiger partial charge in [0, 0.05) is 6.04 Å². The van der Waals surface area contributed by atoms with E-state index in [0.29, 0.717) is 15.3 Å². The first-order valence-corrected chi connectivity index (χ1v) is 11.5. The second kappa shape index (κ2) is 8.76. The van der Waals surface area contributed by atoms with Gasteiger partial charge in [-0.3, -0.25) is 9.69 Å². The fourth-order valence-electron chi connectivity index (χ4n) is 3.91. The van der Waals surface area contributed by atoms with Gasteiger partial charge >= 0.3 is 0 Å². The molecule has 1 heterocycles. The Morgan fingerprint density at radius 1 is 1.17 bits per heavy atom. The van der Waals surface area contributed by atoms with Gasteiger partial charge in [-0.2, -0.15) is 0 Å². The fraction of sp³-hybridized carbons (Fsp3) is 0.304.